The van der Waals surface area contributed by atoms with Crippen molar-refractivity contribution in [2.24, 2.45) is 0 Å². The molecule has 5 nitrogen and oxygen atoms in total. The zero-order valence-corrected chi connectivity index (χ0v) is 11.6. The molecule has 1 amide bonds. The Hall–Kier alpha value is -1.10. The largest absolute Gasteiger partial charge is 0.444 e. The molecule has 1 fully saturated rings. The molecule has 1 saturated heterocycles. The monoisotopic (exact) mass is 256 g/mol. The number of nitrogens with one attached hydrogen (secondary N) is 1. The molecule has 1 rings (SSSR count). The van der Waals surface area contributed by atoms with Gasteiger partial charge < -0.3 is 19.7 Å². The van der Waals surface area contributed by atoms with Crippen LogP contribution >= 0.6 is 0 Å². The van der Waals surface area contributed by atoms with Crippen molar-refractivity contribution >= 4 is 12.4 Å². The first kappa shape index (κ1) is 15.0. The van der Waals surface area contributed by atoms with Crippen molar-refractivity contribution < 1.29 is 14.3 Å². The number of hydrogen-bond acceptors (Lipinski definition) is 4. The summed E-state index contributed by atoms with van der Waals surface area (Å²) in [5, 5.41) is 2.85. The summed E-state index contributed by atoms with van der Waals surface area (Å²) in [6.07, 6.45) is 2.83. The van der Waals surface area contributed by atoms with Gasteiger partial charge in [0.05, 0.1) is 0 Å². The van der Waals surface area contributed by atoms with Crippen molar-refractivity contribution in [2.45, 2.75) is 51.7 Å². The van der Waals surface area contributed by atoms with E-state index in [9.17, 15) is 9.59 Å². The maximum absolute atomic E-state index is 11.7. The first-order valence-electron chi connectivity index (χ1n) is 6.56. The molecule has 5 heteroatoms. The van der Waals surface area contributed by atoms with E-state index in [1.54, 1.807) is 0 Å². The van der Waals surface area contributed by atoms with E-state index in [4.69, 9.17) is 4.74 Å². The third-order valence-electron chi connectivity index (χ3n) is 2.78. The second-order valence-electron chi connectivity index (χ2n) is 5.74. The summed E-state index contributed by atoms with van der Waals surface area (Å²) in [6.45, 7) is 8.46. The number of likely N-dealkylation sites (tertiary alicyclic amines) is 1. The van der Waals surface area contributed by atoms with E-state index in [0.717, 1.165) is 25.9 Å². The second-order valence-corrected chi connectivity index (χ2v) is 5.74. The third kappa shape index (κ3) is 6.00. The normalized spacial score (nSPS) is 17.7. The van der Waals surface area contributed by atoms with Gasteiger partial charge in [-0.3, -0.25) is 0 Å². The molecule has 0 saturated carbocycles. The third-order valence-corrected chi connectivity index (χ3v) is 2.78. The Morgan fingerprint density at radius 3 is 2.56 bits per heavy atom. The predicted octanol–water partition coefficient (Wildman–Crippen LogP) is 1.56. The van der Waals surface area contributed by atoms with Crippen LogP contribution in [0.25, 0.3) is 0 Å². The predicted molar refractivity (Wildman–Crippen MR) is 69.5 cm³/mol. The molecule has 1 atom stereocenters. The molecule has 0 bridgehead atoms. The minimum absolute atomic E-state index is 0.00894. The van der Waals surface area contributed by atoms with Gasteiger partial charge >= 0.3 is 6.09 Å². The molecule has 1 heterocycles. The van der Waals surface area contributed by atoms with Crippen LogP contribution in [0.1, 0.15) is 40.0 Å². The molecule has 0 aliphatic carbocycles. The maximum atomic E-state index is 11.7. The lowest BCUT2D eigenvalue weighted by Crippen LogP contribution is -2.49. The molecule has 1 N–H and O–H groups in total. The van der Waals surface area contributed by atoms with Crippen molar-refractivity contribution in [1.29, 1.82) is 0 Å². The van der Waals surface area contributed by atoms with Crippen LogP contribution in [0.15, 0.2) is 0 Å². The highest BCUT2D eigenvalue weighted by molar-refractivity contribution is 5.68. The highest BCUT2D eigenvalue weighted by Gasteiger charge is 2.23. The van der Waals surface area contributed by atoms with E-state index < -0.39 is 11.7 Å². The molecule has 1 aliphatic rings. The molecular formula is C13H24N2O3. The van der Waals surface area contributed by atoms with Gasteiger partial charge in [0, 0.05) is 19.0 Å². The van der Waals surface area contributed by atoms with Crippen molar-refractivity contribution in [3.8, 4) is 0 Å². The number of carbonyl (C=O) groups is 2. The van der Waals surface area contributed by atoms with Gasteiger partial charge in [-0.2, -0.15) is 0 Å². The molecule has 0 aromatic carbocycles. The lowest BCUT2D eigenvalue weighted by Gasteiger charge is -2.34. The van der Waals surface area contributed by atoms with Gasteiger partial charge in [-0.15, -0.1) is 0 Å². The summed E-state index contributed by atoms with van der Waals surface area (Å²) >= 11 is 0. The fourth-order valence-electron chi connectivity index (χ4n) is 1.83. The van der Waals surface area contributed by atoms with Gasteiger partial charge in [-0.05, 0) is 46.7 Å². The van der Waals surface area contributed by atoms with Crippen molar-refractivity contribution in [3.63, 3.8) is 0 Å². The number of aldehydes is 1. The Bertz CT molecular complexity index is 282. The maximum Gasteiger partial charge on any atom is 0.407 e. The summed E-state index contributed by atoms with van der Waals surface area (Å²) in [4.78, 5) is 24.4. The van der Waals surface area contributed by atoms with Crippen LogP contribution in [-0.4, -0.2) is 48.6 Å². The minimum Gasteiger partial charge on any atom is -0.444 e. The first-order valence-corrected chi connectivity index (χ1v) is 6.56. The number of hydrogen-bond donors (Lipinski definition) is 1. The number of amides is 1. The van der Waals surface area contributed by atoms with E-state index in [0.29, 0.717) is 12.8 Å². The average Bonchev–Trinajstić information content (AvgIpc) is 2.16. The quantitative estimate of drug-likeness (QED) is 0.733. The zero-order chi connectivity index (χ0) is 13.6. The van der Waals surface area contributed by atoms with Gasteiger partial charge in [0.15, 0.2) is 0 Å². The lowest BCUT2D eigenvalue weighted by molar-refractivity contribution is -0.108. The Morgan fingerprint density at radius 1 is 1.44 bits per heavy atom. The van der Waals surface area contributed by atoms with Crippen LogP contribution in [0.3, 0.4) is 0 Å². The van der Waals surface area contributed by atoms with Crippen molar-refractivity contribution in [3.05, 3.63) is 0 Å². The SMILES string of the molecule is CC(C)(C)OC(=O)NC(CCC=O)CN1CCC1. The Labute approximate surface area is 109 Å². The molecule has 104 valence electrons. The topological polar surface area (TPSA) is 58.6 Å². The lowest BCUT2D eigenvalue weighted by atomic mass is 10.1. The Kier molecular flexibility index (Phi) is 5.59. The number of carbonyl (C=O) groups excluding carboxylic acids is 2. The summed E-state index contributed by atoms with van der Waals surface area (Å²) < 4.78 is 5.22. The molecule has 1 aliphatic heterocycles. The van der Waals surface area contributed by atoms with E-state index in [1.807, 2.05) is 20.8 Å². The number of ether oxygens (including phenoxy) is 1. The van der Waals surface area contributed by atoms with E-state index in [2.05, 4.69) is 10.2 Å². The van der Waals surface area contributed by atoms with Crippen molar-refractivity contribution in [2.75, 3.05) is 19.6 Å². The minimum atomic E-state index is -0.490. The van der Waals surface area contributed by atoms with Crippen molar-refractivity contribution in [1.82, 2.24) is 10.2 Å². The highest BCUT2D eigenvalue weighted by Crippen LogP contribution is 2.10. The molecule has 0 spiro atoms. The highest BCUT2D eigenvalue weighted by atomic mass is 16.6. The molecule has 0 aromatic rings. The van der Waals surface area contributed by atoms with Gasteiger partial charge in [0.2, 0.25) is 0 Å². The van der Waals surface area contributed by atoms with Gasteiger partial charge in [-0.1, -0.05) is 0 Å². The smallest absolute Gasteiger partial charge is 0.407 e. The number of rotatable bonds is 6. The summed E-state index contributed by atoms with van der Waals surface area (Å²) in [6, 6.07) is -0.00894. The molecule has 1 unspecified atom stereocenters. The fraction of sp³-hybridized carbons (Fsp3) is 0.846. The van der Waals surface area contributed by atoms with Gasteiger partial charge in [0.1, 0.15) is 11.9 Å². The van der Waals surface area contributed by atoms with Gasteiger partial charge in [-0.25, -0.2) is 4.79 Å². The first-order chi connectivity index (χ1) is 8.40. The van der Waals surface area contributed by atoms with Crippen LogP contribution in [-0.2, 0) is 9.53 Å². The summed E-state index contributed by atoms with van der Waals surface area (Å²) in [5.41, 5.74) is -0.490. The molecule has 0 radical (unpaired) electrons. The van der Waals surface area contributed by atoms with E-state index in [1.165, 1.54) is 6.42 Å². The summed E-state index contributed by atoms with van der Waals surface area (Å²) in [5.74, 6) is 0. The molecule has 0 aromatic heterocycles. The van der Waals surface area contributed by atoms with Crippen LogP contribution < -0.4 is 5.32 Å². The number of alkyl carbamates (subject to hydrolysis) is 1. The zero-order valence-electron chi connectivity index (χ0n) is 11.6. The fourth-order valence-corrected chi connectivity index (χ4v) is 1.83. The van der Waals surface area contributed by atoms with Crippen LogP contribution in [0.5, 0.6) is 0 Å². The van der Waals surface area contributed by atoms with Crippen LogP contribution in [0.4, 0.5) is 4.79 Å². The standard InChI is InChI=1S/C13H24N2O3/c1-13(2,3)18-12(17)14-11(6-4-9-16)10-15-7-5-8-15/h9,11H,4-8,10H2,1-3H3,(H,14,17). The Morgan fingerprint density at radius 2 is 2.11 bits per heavy atom. The second kappa shape index (κ2) is 6.73. The van der Waals surface area contributed by atoms with E-state index >= 15 is 0 Å². The van der Waals surface area contributed by atoms with Crippen LogP contribution in [0, 0.1) is 0 Å². The summed E-state index contributed by atoms with van der Waals surface area (Å²) in [7, 11) is 0. The Balaban J connectivity index is 2.38. The average molecular weight is 256 g/mol. The van der Waals surface area contributed by atoms with E-state index in [-0.39, 0.29) is 6.04 Å². The molecular weight excluding hydrogens is 232 g/mol. The molecule has 18 heavy (non-hydrogen) atoms. The van der Waals surface area contributed by atoms with Crippen LogP contribution in [0.2, 0.25) is 0 Å². The van der Waals surface area contributed by atoms with Gasteiger partial charge in [0.25, 0.3) is 0 Å². The number of nitrogens with zero attached hydrogens (tertiary/aromatic N) is 1.